The average Bonchev–Trinajstić information content (AvgIpc) is 2.56. The molecular weight excluding hydrogens is 296 g/mol. The lowest BCUT2D eigenvalue weighted by Crippen LogP contribution is -2.51. The van der Waals surface area contributed by atoms with E-state index < -0.39 is 11.4 Å². The first-order valence-electron chi connectivity index (χ1n) is 8.05. The Kier molecular flexibility index (Phi) is 5.18. The lowest BCUT2D eigenvalue weighted by molar-refractivity contribution is -0.162. The van der Waals surface area contributed by atoms with Crippen LogP contribution in [-0.4, -0.2) is 44.9 Å². The first kappa shape index (κ1) is 17.2. The SMILES string of the molecule is CCC(CC)(C(=O)O)C(=O)N1CCCC(c2ccnc(N)n2)C1. The Balaban J connectivity index is 2.20. The Morgan fingerprint density at radius 2 is 2.13 bits per heavy atom. The minimum atomic E-state index is -1.33. The van der Waals surface area contributed by atoms with Crippen molar-refractivity contribution in [3.8, 4) is 0 Å². The molecule has 2 heterocycles. The molecule has 126 valence electrons. The van der Waals surface area contributed by atoms with Gasteiger partial charge in [0.25, 0.3) is 0 Å². The molecule has 1 saturated heterocycles. The molecule has 1 fully saturated rings. The van der Waals surface area contributed by atoms with Crippen LogP contribution < -0.4 is 5.73 Å². The number of nitrogens with zero attached hydrogens (tertiary/aromatic N) is 3. The number of carbonyl (C=O) groups excluding carboxylic acids is 1. The van der Waals surface area contributed by atoms with Gasteiger partial charge < -0.3 is 15.7 Å². The number of likely N-dealkylation sites (tertiary alicyclic amines) is 1. The molecule has 2 rings (SSSR count). The minimum Gasteiger partial charge on any atom is -0.480 e. The van der Waals surface area contributed by atoms with Gasteiger partial charge in [0.2, 0.25) is 11.9 Å². The van der Waals surface area contributed by atoms with Gasteiger partial charge in [-0.2, -0.15) is 0 Å². The van der Waals surface area contributed by atoms with E-state index in [2.05, 4.69) is 9.97 Å². The fourth-order valence-electron chi connectivity index (χ4n) is 3.27. The standard InChI is InChI=1S/C16H24N4O3/c1-3-16(4-2,14(22)23)13(21)20-9-5-6-11(10-20)12-7-8-18-15(17)19-12/h7-8,11H,3-6,9-10H2,1-2H3,(H,22,23)(H2,17,18,19). The van der Waals surface area contributed by atoms with E-state index in [1.54, 1.807) is 31.0 Å². The van der Waals surface area contributed by atoms with Crippen LogP contribution in [0.2, 0.25) is 0 Å². The largest absolute Gasteiger partial charge is 0.480 e. The third kappa shape index (κ3) is 3.28. The number of amides is 1. The number of anilines is 1. The fourth-order valence-corrected chi connectivity index (χ4v) is 3.27. The molecule has 0 aromatic carbocycles. The third-order valence-corrected chi connectivity index (χ3v) is 4.85. The number of carbonyl (C=O) groups is 2. The van der Waals surface area contributed by atoms with Crippen LogP contribution in [0.4, 0.5) is 5.95 Å². The second kappa shape index (κ2) is 6.93. The van der Waals surface area contributed by atoms with E-state index >= 15 is 0 Å². The van der Waals surface area contributed by atoms with Crippen molar-refractivity contribution in [3.63, 3.8) is 0 Å². The van der Waals surface area contributed by atoms with Crippen molar-refractivity contribution >= 4 is 17.8 Å². The van der Waals surface area contributed by atoms with Crippen molar-refractivity contribution in [1.82, 2.24) is 14.9 Å². The molecule has 0 radical (unpaired) electrons. The first-order chi connectivity index (χ1) is 10.9. The molecule has 3 N–H and O–H groups in total. The van der Waals surface area contributed by atoms with Crippen LogP contribution in [0.5, 0.6) is 0 Å². The molecule has 1 amide bonds. The van der Waals surface area contributed by atoms with Gasteiger partial charge in [0.05, 0.1) is 5.69 Å². The number of aliphatic carboxylic acids is 1. The van der Waals surface area contributed by atoms with Crippen LogP contribution in [-0.2, 0) is 9.59 Å². The monoisotopic (exact) mass is 320 g/mol. The van der Waals surface area contributed by atoms with Gasteiger partial charge in [0.1, 0.15) is 5.41 Å². The number of hydrogen-bond acceptors (Lipinski definition) is 5. The smallest absolute Gasteiger partial charge is 0.319 e. The third-order valence-electron chi connectivity index (χ3n) is 4.85. The van der Waals surface area contributed by atoms with E-state index in [1.165, 1.54) is 0 Å². The molecule has 0 bridgehead atoms. The Morgan fingerprint density at radius 3 is 2.70 bits per heavy atom. The topological polar surface area (TPSA) is 109 Å². The summed E-state index contributed by atoms with van der Waals surface area (Å²) in [6.45, 7) is 4.57. The van der Waals surface area contributed by atoms with Crippen LogP contribution in [0.1, 0.15) is 51.1 Å². The number of nitrogens with two attached hydrogens (primary N) is 1. The molecule has 1 aliphatic heterocycles. The Labute approximate surface area is 135 Å². The van der Waals surface area contributed by atoms with Gasteiger partial charge >= 0.3 is 5.97 Å². The summed E-state index contributed by atoms with van der Waals surface area (Å²) in [6, 6.07) is 1.80. The second-order valence-corrected chi connectivity index (χ2v) is 6.02. The van der Waals surface area contributed by atoms with Crippen molar-refractivity contribution < 1.29 is 14.7 Å². The number of piperidine rings is 1. The first-order valence-corrected chi connectivity index (χ1v) is 8.05. The molecule has 1 atom stereocenters. The summed E-state index contributed by atoms with van der Waals surface area (Å²) in [7, 11) is 0. The van der Waals surface area contributed by atoms with Gasteiger partial charge in [-0.1, -0.05) is 13.8 Å². The number of aromatic nitrogens is 2. The number of hydrogen-bond donors (Lipinski definition) is 2. The zero-order valence-electron chi connectivity index (χ0n) is 13.7. The maximum absolute atomic E-state index is 12.9. The van der Waals surface area contributed by atoms with Crippen LogP contribution in [0.15, 0.2) is 12.3 Å². The van der Waals surface area contributed by atoms with E-state index in [0.29, 0.717) is 25.9 Å². The van der Waals surface area contributed by atoms with E-state index in [-0.39, 0.29) is 17.8 Å². The van der Waals surface area contributed by atoms with Gasteiger partial charge in [-0.15, -0.1) is 0 Å². The Morgan fingerprint density at radius 1 is 1.43 bits per heavy atom. The van der Waals surface area contributed by atoms with E-state index in [9.17, 15) is 14.7 Å². The van der Waals surface area contributed by atoms with E-state index in [1.807, 2.05) is 0 Å². The van der Waals surface area contributed by atoms with Crippen LogP contribution >= 0.6 is 0 Å². The van der Waals surface area contributed by atoms with Gasteiger partial charge in [-0.3, -0.25) is 9.59 Å². The summed E-state index contributed by atoms with van der Waals surface area (Å²) in [4.78, 5) is 34.3. The molecule has 0 aliphatic carbocycles. The molecule has 7 nitrogen and oxygen atoms in total. The lowest BCUT2D eigenvalue weighted by Gasteiger charge is -2.38. The summed E-state index contributed by atoms with van der Waals surface area (Å²) in [5.74, 6) is -1.05. The quantitative estimate of drug-likeness (QED) is 0.798. The number of carboxylic acids is 1. The molecule has 1 aliphatic rings. The number of nitrogen functional groups attached to an aromatic ring is 1. The summed E-state index contributed by atoms with van der Waals surface area (Å²) >= 11 is 0. The molecule has 1 aromatic rings. The molecule has 1 unspecified atom stereocenters. The van der Waals surface area contributed by atoms with Gasteiger partial charge in [0.15, 0.2) is 0 Å². The van der Waals surface area contributed by atoms with Gasteiger partial charge in [-0.25, -0.2) is 9.97 Å². The zero-order valence-corrected chi connectivity index (χ0v) is 13.7. The minimum absolute atomic E-state index is 0.0678. The Hall–Kier alpha value is -2.18. The number of rotatable bonds is 5. The zero-order chi connectivity index (χ0) is 17.0. The molecule has 1 aromatic heterocycles. The predicted octanol–water partition coefficient (Wildman–Crippen LogP) is 1.66. The molecular formula is C16H24N4O3. The highest BCUT2D eigenvalue weighted by Gasteiger charge is 2.46. The average molecular weight is 320 g/mol. The van der Waals surface area contributed by atoms with Gasteiger partial charge in [0, 0.05) is 25.2 Å². The predicted molar refractivity (Wildman–Crippen MR) is 85.7 cm³/mol. The molecule has 23 heavy (non-hydrogen) atoms. The maximum atomic E-state index is 12.9. The highest BCUT2D eigenvalue weighted by molar-refractivity contribution is 6.01. The van der Waals surface area contributed by atoms with Crippen molar-refractivity contribution in [2.45, 2.75) is 45.4 Å². The van der Waals surface area contributed by atoms with Crippen LogP contribution in [0.25, 0.3) is 0 Å². The van der Waals surface area contributed by atoms with E-state index in [4.69, 9.17) is 5.73 Å². The molecule has 0 spiro atoms. The van der Waals surface area contributed by atoms with Crippen molar-refractivity contribution in [2.75, 3.05) is 18.8 Å². The summed E-state index contributed by atoms with van der Waals surface area (Å²) in [6.07, 6.45) is 3.92. The molecule has 0 saturated carbocycles. The van der Waals surface area contributed by atoms with Crippen LogP contribution in [0.3, 0.4) is 0 Å². The van der Waals surface area contributed by atoms with Crippen molar-refractivity contribution in [3.05, 3.63) is 18.0 Å². The van der Waals surface area contributed by atoms with Crippen molar-refractivity contribution in [1.29, 1.82) is 0 Å². The Bertz CT molecular complexity index is 586. The summed E-state index contributed by atoms with van der Waals surface area (Å²) in [5.41, 5.74) is 5.11. The second-order valence-electron chi connectivity index (χ2n) is 6.02. The highest BCUT2D eigenvalue weighted by Crippen LogP contribution is 2.33. The maximum Gasteiger partial charge on any atom is 0.319 e. The summed E-state index contributed by atoms with van der Waals surface area (Å²) < 4.78 is 0. The number of carboxylic acid groups (broad SMARTS) is 1. The fraction of sp³-hybridized carbons (Fsp3) is 0.625. The van der Waals surface area contributed by atoms with E-state index in [0.717, 1.165) is 18.5 Å². The van der Waals surface area contributed by atoms with Gasteiger partial charge in [-0.05, 0) is 31.7 Å². The summed E-state index contributed by atoms with van der Waals surface area (Å²) in [5, 5.41) is 9.56. The van der Waals surface area contributed by atoms with Crippen molar-refractivity contribution in [2.24, 2.45) is 5.41 Å². The highest BCUT2D eigenvalue weighted by atomic mass is 16.4. The normalized spacial score (nSPS) is 18.7. The van der Waals surface area contributed by atoms with Crippen LogP contribution in [0, 0.1) is 5.41 Å². The molecule has 7 heteroatoms. The lowest BCUT2D eigenvalue weighted by atomic mass is 9.80.